The van der Waals surface area contributed by atoms with Gasteiger partial charge < -0.3 is 15.6 Å². The van der Waals surface area contributed by atoms with Crippen LogP contribution in [0.3, 0.4) is 0 Å². The normalized spacial score (nSPS) is 10.3. The molecule has 0 amide bonds. The van der Waals surface area contributed by atoms with Crippen LogP contribution in [0.1, 0.15) is 5.56 Å². The van der Waals surface area contributed by atoms with E-state index in [0.29, 0.717) is 27.5 Å². The molecule has 2 rings (SSSR count). The summed E-state index contributed by atoms with van der Waals surface area (Å²) >= 11 is 9.21. The molecule has 0 saturated carbocycles. The molecule has 5 heteroatoms. The number of hydrogen-bond donors (Lipinski definition) is 2. The quantitative estimate of drug-likeness (QED) is 0.838. The van der Waals surface area contributed by atoms with Crippen LogP contribution >= 0.6 is 27.5 Å². The summed E-state index contributed by atoms with van der Waals surface area (Å²) < 4.78 is 6.32. The van der Waals surface area contributed by atoms with E-state index in [1.54, 1.807) is 30.3 Å². The first kappa shape index (κ1) is 13.1. The molecule has 0 aromatic heterocycles. The third-order valence-electron chi connectivity index (χ3n) is 2.33. The summed E-state index contributed by atoms with van der Waals surface area (Å²) in [4.78, 5) is 0. The molecule has 0 spiro atoms. The van der Waals surface area contributed by atoms with Crippen LogP contribution in [-0.2, 0) is 6.61 Å². The molecule has 3 nitrogen and oxygen atoms in total. The molecule has 2 aromatic carbocycles. The third-order valence-corrected chi connectivity index (χ3v) is 3.14. The molecule has 0 atom stereocenters. The van der Waals surface area contributed by atoms with Crippen molar-refractivity contribution in [3.63, 3.8) is 0 Å². The first-order chi connectivity index (χ1) is 8.56. The maximum atomic E-state index is 9.35. The van der Waals surface area contributed by atoms with Crippen LogP contribution in [0, 0.1) is 0 Å². The number of rotatable bonds is 3. The summed E-state index contributed by atoms with van der Waals surface area (Å²) in [6.07, 6.45) is 0. The van der Waals surface area contributed by atoms with Gasteiger partial charge in [-0.3, -0.25) is 0 Å². The van der Waals surface area contributed by atoms with E-state index in [0.717, 1.165) is 5.56 Å². The minimum absolute atomic E-state index is 0.208. The lowest BCUT2D eigenvalue weighted by atomic mass is 10.2. The first-order valence-corrected chi connectivity index (χ1v) is 6.38. The SMILES string of the molecule is Nc1cc(Cl)cc(Br)c1OCc1cccc(O)c1. The van der Waals surface area contributed by atoms with Crippen molar-refractivity contribution in [2.75, 3.05) is 5.73 Å². The Hall–Kier alpha value is -1.39. The van der Waals surface area contributed by atoms with E-state index >= 15 is 0 Å². The number of benzene rings is 2. The second-order valence-corrected chi connectivity index (χ2v) is 5.06. The summed E-state index contributed by atoms with van der Waals surface area (Å²) in [6, 6.07) is 10.2. The van der Waals surface area contributed by atoms with Crippen LogP contribution in [0.25, 0.3) is 0 Å². The van der Waals surface area contributed by atoms with Crippen LogP contribution in [0.4, 0.5) is 5.69 Å². The second kappa shape index (κ2) is 5.50. The van der Waals surface area contributed by atoms with Crippen molar-refractivity contribution in [2.24, 2.45) is 0 Å². The zero-order valence-electron chi connectivity index (χ0n) is 9.36. The highest BCUT2D eigenvalue weighted by molar-refractivity contribution is 9.10. The molecular formula is C13H11BrClNO2. The number of phenolic OH excluding ortho intramolecular Hbond substituents is 1. The van der Waals surface area contributed by atoms with Gasteiger partial charge in [-0.05, 0) is 45.8 Å². The number of aromatic hydroxyl groups is 1. The summed E-state index contributed by atoms with van der Waals surface area (Å²) in [7, 11) is 0. The lowest BCUT2D eigenvalue weighted by Gasteiger charge is -2.11. The van der Waals surface area contributed by atoms with Gasteiger partial charge in [-0.25, -0.2) is 0 Å². The van der Waals surface area contributed by atoms with E-state index in [4.69, 9.17) is 22.1 Å². The number of hydrogen-bond acceptors (Lipinski definition) is 3. The largest absolute Gasteiger partial charge is 0.508 e. The van der Waals surface area contributed by atoms with Crippen LogP contribution in [0.2, 0.25) is 5.02 Å². The number of ether oxygens (including phenoxy) is 1. The van der Waals surface area contributed by atoms with Gasteiger partial charge in [0, 0.05) is 5.02 Å². The minimum Gasteiger partial charge on any atom is -0.508 e. The summed E-state index contributed by atoms with van der Waals surface area (Å²) in [5.41, 5.74) is 7.15. The first-order valence-electron chi connectivity index (χ1n) is 5.21. The Labute approximate surface area is 118 Å². The zero-order chi connectivity index (χ0) is 13.1. The zero-order valence-corrected chi connectivity index (χ0v) is 11.7. The molecular weight excluding hydrogens is 318 g/mol. The van der Waals surface area contributed by atoms with E-state index in [1.807, 2.05) is 6.07 Å². The standard InChI is InChI=1S/C13H11BrClNO2/c14-11-5-9(15)6-12(16)13(11)18-7-8-2-1-3-10(17)4-8/h1-6,17H,7,16H2. The van der Waals surface area contributed by atoms with Crippen LogP contribution < -0.4 is 10.5 Å². The molecule has 0 heterocycles. The minimum atomic E-state index is 0.208. The lowest BCUT2D eigenvalue weighted by molar-refractivity contribution is 0.305. The van der Waals surface area contributed by atoms with Crippen molar-refractivity contribution in [2.45, 2.75) is 6.61 Å². The van der Waals surface area contributed by atoms with Crippen LogP contribution in [0.5, 0.6) is 11.5 Å². The monoisotopic (exact) mass is 327 g/mol. The van der Waals surface area contributed by atoms with Gasteiger partial charge in [-0.15, -0.1) is 0 Å². The van der Waals surface area contributed by atoms with Gasteiger partial charge in [0.2, 0.25) is 0 Å². The molecule has 0 aliphatic carbocycles. The highest BCUT2D eigenvalue weighted by Crippen LogP contribution is 2.35. The van der Waals surface area contributed by atoms with Crippen molar-refractivity contribution in [1.29, 1.82) is 0 Å². The molecule has 0 aliphatic heterocycles. The van der Waals surface area contributed by atoms with E-state index < -0.39 is 0 Å². The Balaban J connectivity index is 2.16. The molecule has 94 valence electrons. The maximum absolute atomic E-state index is 9.35. The van der Waals surface area contributed by atoms with E-state index in [9.17, 15) is 5.11 Å². The van der Waals surface area contributed by atoms with Gasteiger partial charge in [-0.1, -0.05) is 23.7 Å². The molecule has 0 saturated heterocycles. The molecule has 2 aromatic rings. The molecule has 0 bridgehead atoms. The lowest BCUT2D eigenvalue weighted by Crippen LogP contribution is -1.99. The third kappa shape index (κ3) is 3.09. The van der Waals surface area contributed by atoms with Gasteiger partial charge in [0.05, 0.1) is 10.2 Å². The van der Waals surface area contributed by atoms with Gasteiger partial charge in [0.15, 0.2) is 5.75 Å². The fraction of sp³-hybridized carbons (Fsp3) is 0.0769. The number of nitrogen functional groups attached to an aromatic ring is 1. The molecule has 0 radical (unpaired) electrons. The number of anilines is 1. The Kier molecular flexibility index (Phi) is 3.99. The second-order valence-electron chi connectivity index (χ2n) is 3.76. The predicted molar refractivity (Wildman–Crippen MR) is 76.0 cm³/mol. The average Bonchev–Trinajstić information content (AvgIpc) is 2.27. The van der Waals surface area contributed by atoms with E-state index in [2.05, 4.69) is 15.9 Å². The molecule has 3 N–H and O–H groups in total. The topological polar surface area (TPSA) is 55.5 Å². The number of phenols is 1. The molecule has 18 heavy (non-hydrogen) atoms. The highest BCUT2D eigenvalue weighted by atomic mass is 79.9. The van der Waals surface area contributed by atoms with E-state index in [-0.39, 0.29) is 5.75 Å². The summed E-state index contributed by atoms with van der Waals surface area (Å²) in [5, 5.41) is 9.89. The fourth-order valence-corrected chi connectivity index (χ4v) is 2.48. The summed E-state index contributed by atoms with van der Waals surface area (Å²) in [6.45, 7) is 0.318. The Morgan fingerprint density at radius 3 is 2.72 bits per heavy atom. The Morgan fingerprint density at radius 1 is 1.28 bits per heavy atom. The van der Waals surface area contributed by atoms with Crippen molar-refractivity contribution < 1.29 is 9.84 Å². The van der Waals surface area contributed by atoms with Crippen molar-refractivity contribution >= 4 is 33.2 Å². The fourth-order valence-electron chi connectivity index (χ4n) is 1.53. The Morgan fingerprint density at radius 2 is 2.06 bits per heavy atom. The Bertz CT molecular complexity index is 552. The smallest absolute Gasteiger partial charge is 0.156 e. The van der Waals surface area contributed by atoms with Gasteiger partial charge in [-0.2, -0.15) is 0 Å². The molecule has 0 aliphatic rings. The predicted octanol–water partition coefficient (Wildman–Crippen LogP) is 3.97. The summed E-state index contributed by atoms with van der Waals surface area (Å²) in [5.74, 6) is 0.752. The number of nitrogens with two attached hydrogens (primary N) is 1. The van der Waals surface area contributed by atoms with Crippen molar-refractivity contribution in [3.05, 3.63) is 51.5 Å². The van der Waals surface area contributed by atoms with Crippen molar-refractivity contribution in [3.8, 4) is 11.5 Å². The molecule has 0 unspecified atom stereocenters. The average molecular weight is 329 g/mol. The van der Waals surface area contributed by atoms with Gasteiger partial charge in [0.25, 0.3) is 0 Å². The molecule has 0 fully saturated rings. The van der Waals surface area contributed by atoms with Crippen LogP contribution in [-0.4, -0.2) is 5.11 Å². The van der Waals surface area contributed by atoms with Crippen LogP contribution in [0.15, 0.2) is 40.9 Å². The van der Waals surface area contributed by atoms with Crippen molar-refractivity contribution in [1.82, 2.24) is 0 Å². The maximum Gasteiger partial charge on any atom is 0.156 e. The highest BCUT2D eigenvalue weighted by Gasteiger charge is 2.08. The van der Waals surface area contributed by atoms with Gasteiger partial charge in [0.1, 0.15) is 12.4 Å². The number of halogens is 2. The van der Waals surface area contributed by atoms with Gasteiger partial charge >= 0.3 is 0 Å². The van der Waals surface area contributed by atoms with E-state index in [1.165, 1.54) is 0 Å².